The summed E-state index contributed by atoms with van der Waals surface area (Å²) in [5, 5.41) is 2.84. The predicted molar refractivity (Wildman–Crippen MR) is 44.6 cm³/mol. The predicted octanol–water partition coefficient (Wildman–Crippen LogP) is -0.584. The van der Waals surface area contributed by atoms with Crippen molar-refractivity contribution in [1.82, 2.24) is 9.97 Å². The Balaban J connectivity index is 2.38. The number of rotatable bonds is 4. The van der Waals surface area contributed by atoms with Crippen molar-refractivity contribution in [3.63, 3.8) is 0 Å². The lowest BCUT2D eigenvalue weighted by molar-refractivity contribution is -0.116. The van der Waals surface area contributed by atoms with Crippen molar-refractivity contribution in [2.45, 2.75) is 0 Å². The Morgan fingerprint density at radius 1 is 1.50 bits per heavy atom. The smallest absolute Gasteiger partial charge is 0.165 e. The van der Waals surface area contributed by atoms with E-state index in [1.54, 1.807) is 12.4 Å². The summed E-state index contributed by atoms with van der Waals surface area (Å²) in [6, 6.07) is 0. The molecule has 0 aliphatic heterocycles. The normalized spacial score (nSPS) is 9.42. The molecule has 1 rings (SSSR count). The topological polar surface area (TPSA) is 80.9 Å². The molecule has 0 unspecified atom stereocenters. The van der Waals surface area contributed by atoms with Gasteiger partial charge in [-0.25, -0.2) is 9.97 Å². The van der Waals surface area contributed by atoms with E-state index in [2.05, 4.69) is 15.3 Å². The Morgan fingerprint density at radius 2 is 2.17 bits per heavy atom. The van der Waals surface area contributed by atoms with Crippen molar-refractivity contribution in [1.29, 1.82) is 0 Å². The molecule has 0 saturated heterocycles. The molecule has 64 valence electrons. The number of aromatic nitrogens is 2. The third kappa shape index (κ3) is 2.63. The average Bonchev–Trinajstić information content (AvgIpc) is 2.16. The molecule has 0 bridgehead atoms. The number of nitrogens with two attached hydrogens (primary N) is 1. The summed E-state index contributed by atoms with van der Waals surface area (Å²) in [5.74, 6) is -0.0427. The van der Waals surface area contributed by atoms with Crippen molar-refractivity contribution >= 4 is 11.5 Å². The summed E-state index contributed by atoms with van der Waals surface area (Å²) in [5.41, 5.74) is 5.84. The Morgan fingerprint density at radius 3 is 2.75 bits per heavy atom. The molecular formula is C7H10N4O. The molecule has 12 heavy (non-hydrogen) atoms. The van der Waals surface area contributed by atoms with Gasteiger partial charge in [0.15, 0.2) is 5.78 Å². The Hall–Kier alpha value is -1.49. The molecular weight excluding hydrogens is 156 g/mol. The fourth-order valence-electron chi connectivity index (χ4n) is 0.663. The van der Waals surface area contributed by atoms with Crippen LogP contribution in [0.3, 0.4) is 0 Å². The van der Waals surface area contributed by atoms with E-state index in [-0.39, 0.29) is 18.9 Å². The number of hydrogen-bond donors (Lipinski definition) is 2. The lowest BCUT2D eigenvalue weighted by Crippen LogP contribution is -2.22. The third-order valence-corrected chi connectivity index (χ3v) is 1.28. The highest BCUT2D eigenvalue weighted by Crippen LogP contribution is 1.98. The largest absolute Gasteiger partial charge is 0.375 e. The summed E-state index contributed by atoms with van der Waals surface area (Å²) in [6.07, 6.45) is 4.61. The highest BCUT2D eigenvalue weighted by atomic mass is 16.1. The van der Waals surface area contributed by atoms with Crippen molar-refractivity contribution in [3.8, 4) is 0 Å². The van der Waals surface area contributed by atoms with E-state index in [1.807, 2.05) is 0 Å². The number of hydrogen-bond acceptors (Lipinski definition) is 5. The van der Waals surface area contributed by atoms with Gasteiger partial charge in [0.2, 0.25) is 0 Å². The van der Waals surface area contributed by atoms with E-state index in [0.29, 0.717) is 0 Å². The van der Waals surface area contributed by atoms with Gasteiger partial charge in [0.1, 0.15) is 6.33 Å². The van der Waals surface area contributed by atoms with E-state index in [9.17, 15) is 4.79 Å². The summed E-state index contributed by atoms with van der Waals surface area (Å²) < 4.78 is 0. The van der Waals surface area contributed by atoms with E-state index in [0.717, 1.165) is 5.69 Å². The number of ketones is 1. The highest BCUT2D eigenvalue weighted by molar-refractivity contribution is 5.84. The van der Waals surface area contributed by atoms with E-state index < -0.39 is 0 Å². The maximum Gasteiger partial charge on any atom is 0.165 e. The number of anilines is 1. The molecule has 0 radical (unpaired) electrons. The van der Waals surface area contributed by atoms with E-state index in [4.69, 9.17) is 5.73 Å². The number of carbonyl (C=O) groups excluding carboxylic acids is 1. The molecule has 0 saturated carbocycles. The van der Waals surface area contributed by atoms with Gasteiger partial charge >= 0.3 is 0 Å². The highest BCUT2D eigenvalue weighted by Gasteiger charge is 1.97. The number of nitrogens with one attached hydrogen (secondary N) is 1. The zero-order valence-electron chi connectivity index (χ0n) is 6.53. The molecule has 1 aromatic heterocycles. The monoisotopic (exact) mass is 166 g/mol. The van der Waals surface area contributed by atoms with Crippen LogP contribution in [0.25, 0.3) is 0 Å². The molecule has 0 atom stereocenters. The molecule has 0 aliphatic rings. The van der Waals surface area contributed by atoms with Gasteiger partial charge in [-0.2, -0.15) is 0 Å². The van der Waals surface area contributed by atoms with Crippen molar-refractivity contribution in [2.75, 3.05) is 18.4 Å². The second-order valence-electron chi connectivity index (χ2n) is 2.22. The first kappa shape index (κ1) is 8.61. The SMILES string of the molecule is NCC(=O)CNc1cncnc1. The second-order valence-corrected chi connectivity index (χ2v) is 2.22. The van der Waals surface area contributed by atoms with Crippen LogP contribution in [0.15, 0.2) is 18.7 Å². The Labute approximate surface area is 70.0 Å². The fraction of sp³-hybridized carbons (Fsp3) is 0.286. The van der Waals surface area contributed by atoms with Crippen LogP contribution in [-0.2, 0) is 4.79 Å². The van der Waals surface area contributed by atoms with Gasteiger partial charge in [-0.3, -0.25) is 4.79 Å². The fourth-order valence-corrected chi connectivity index (χ4v) is 0.663. The van der Waals surface area contributed by atoms with Crippen LogP contribution in [0, 0.1) is 0 Å². The van der Waals surface area contributed by atoms with Gasteiger partial charge in [0.25, 0.3) is 0 Å². The van der Waals surface area contributed by atoms with Gasteiger partial charge in [0, 0.05) is 0 Å². The summed E-state index contributed by atoms with van der Waals surface area (Å²) >= 11 is 0. The Kier molecular flexibility index (Phi) is 3.16. The van der Waals surface area contributed by atoms with Crippen LogP contribution in [-0.4, -0.2) is 28.8 Å². The van der Waals surface area contributed by atoms with Gasteiger partial charge in [-0.05, 0) is 0 Å². The quantitative estimate of drug-likeness (QED) is 0.625. The molecule has 1 aromatic rings. The lowest BCUT2D eigenvalue weighted by Gasteiger charge is -2.01. The Bertz CT molecular complexity index is 249. The van der Waals surface area contributed by atoms with E-state index >= 15 is 0 Å². The third-order valence-electron chi connectivity index (χ3n) is 1.28. The molecule has 3 N–H and O–H groups in total. The van der Waals surface area contributed by atoms with Gasteiger partial charge in [-0.1, -0.05) is 0 Å². The van der Waals surface area contributed by atoms with Crippen LogP contribution in [0.2, 0.25) is 0 Å². The molecule has 0 fully saturated rings. The lowest BCUT2D eigenvalue weighted by atomic mass is 10.4. The van der Waals surface area contributed by atoms with Crippen molar-refractivity contribution in [2.24, 2.45) is 5.73 Å². The minimum absolute atomic E-state index is 0.0427. The first-order valence-electron chi connectivity index (χ1n) is 3.53. The van der Waals surface area contributed by atoms with E-state index in [1.165, 1.54) is 6.33 Å². The first-order chi connectivity index (χ1) is 5.83. The van der Waals surface area contributed by atoms with Crippen LogP contribution < -0.4 is 11.1 Å². The zero-order chi connectivity index (χ0) is 8.81. The van der Waals surface area contributed by atoms with Crippen LogP contribution in [0.5, 0.6) is 0 Å². The molecule has 0 aliphatic carbocycles. The summed E-state index contributed by atoms with van der Waals surface area (Å²) in [7, 11) is 0. The molecule has 0 aromatic carbocycles. The van der Waals surface area contributed by atoms with Gasteiger partial charge in [-0.15, -0.1) is 0 Å². The molecule has 5 heteroatoms. The van der Waals surface area contributed by atoms with Crippen LogP contribution >= 0.6 is 0 Å². The molecule has 0 spiro atoms. The second kappa shape index (κ2) is 4.40. The maximum atomic E-state index is 10.8. The van der Waals surface area contributed by atoms with Crippen molar-refractivity contribution in [3.05, 3.63) is 18.7 Å². The molecule has 5 nitrogen and oxygen atoms in total. The first-order valence-corrected chi connectivity index (χ1v) is 3.53. The van der Waals surface area contributed by atoms with Crippen molar-refractivity contribution < 1.29 is 4.79 Å². The van der Waals surface area contributed by atoms with Crippen LogP contribution in [0.4, 0.5) is 5.69 Å². The minimum Gasteiger partial charge on any atom is -0.375 e. The molecule has 1 heterocycles. The maximum absolute atomic E-state index is 10.8. The number of Topliss-reactive ketones (excluding diaryl/α,β-unsaturated/α-hetero) is 1. The summed E-state index contributed by atoms with van der Waals surface area (Å²) in [4.78, 5) is 18.3. The van der Waals surface area contributed by atoms with Crippen LogP contribution in [0.1, 0.15) is 0 Å². The zero-order valence-corrected chi connectivity index (χ0v) is 6.53. The standard InChI is InChI=1S/C7H10N4O/c8-1-7(12)4-11-6-2-9-5-10-3-6/h2-3,5,11H,1,4,8H2. The average molecular weight is 166 g/mol. The summed E-state index contributed by atoms with van der Waals surface area (Å²) in [6.45, 7) is 0.282. The molecule has 0 amide bonds. The van der Waals surface area contributed by atoms with Gasteiger partial charge in [0.05, 0.1) is 31.2 Å². The number of carbonyl (C=O) groups is 1. The minimum atomic E-state index is -0.0427. The number of nitrogens with zero attached hydrogens (tertiary/aromatic N) is 2. The van der Waals surface area contributed by atoms with Gasteiger partial charge < -0.3 is 11.1 Å².